The number of ether oxygens (including phenoxy) is 1. The molecule has 0 unspecified atom stereocenters. The number of halogens is 4. The zero-order valence-corrected chi connectivity index (χ0v) is 20.2. The molecule has 0 N–H and O–H groups in total. The van der Waals surface area contributed by atoms with Crippen LogP contribution in [0.15, 0.2) is 53.6 Å². The van der Waals surface area contributed by atoms with E-state index in [1.165, 1.54) is 23.8 Å². The lowest BCUT2D eigenvalue weighted by molar-refractivity contribution is -0.142. The van der Waals surface area contributed by atoms with Gasteiger partial charge in [-0.2, -0.15) is 18.4 Å². The molecule has 0 atom stereocenters. The number of alkyl halides is 3. The first kappa shape index (κ1) is 25.3. The minimum absolute atomic E-state index is 0.228. The maximum absolute atomic E-state index is 14.6. The molecule has 0 saturated carbocycles. The van der Waals surface area contributed by atoms with Crippen LogP contribution in [0.3, 0.4) is 0 Å². The van der Waals surface area contributed by atoms with Crippen molar-refractivity contribution in [3.63, 3.8) is 0 Å². The van der Waals surface area contributed by atoms with E-state index in [1.54, 1.807) is 33.7 Å². The van der Waals surface area contributed by atoms with Gasteiger partial charge in [0, 0.05) is 31.5 Å². The van der Waals surface area contributed by atoms with Gasteiger partial charge in [0.1, 0.15) is 23.2 Å². The van der Waals surface area contributed by atoms with Crippen molar-refractivity contribution in [2.24, 2.45) is 0 Å². The van der Waals surface area contributed by atoms with Gasteiger partial charge in [-0.15, -0.1) is 0 Å². The Hall–Kier alpha value is -4.40. The second kappa shape index (κ2) is 9.81. The van der Waals surface area contributed by atoms with E-state index < -0.39 is 29.9 Å². The SMILES string of the molecule is COc1cccc2c1n(Cc1nccnc1C(F)(F)F)c(=O)n2C1CCN(c2c(F)cccc2C#N)CC1. The van der Waals surface area contributed by atoms with Gasteiger partial charge in [-0.3, -0.25) is 14.1 Å². The number of hydrogen-bond acceptors (Lipinski definition) is 6. The number of aromatic nitrogens is 4. The van der Waals surface area contributed by atoms with Gasteiger partial charge in [0.2, 0.25) is 0 Å². The number of rotatable bonds is 5. The summed E-state index contributed by atoms with van der Waals surface area (Å²) in [5.41, 5.74) is -0.737. The second-order valence-electron chi connectivity index (χ2n) is 8.88. The van der Waals surface area contributed by atoms with Crippen molar-refractivity contribution in [2.75, 3.05) is 25.1 Å². The summed E-state index contributed by atoms with van der Waals surface area (Å²) in [6.07, 6.45) is -1.72. The second-order valence-corrected chi connectivity index (χ2v) is 8.88. The number of imidazole rings is 1. The highest BCUT2D eigenvalue weighted by atomic mass is 19.4. The number of piperidine rings is 1. The van der Waals surface area contributed by atoms with E-state index in [4.69, 9.17) is 4.74 Å². The van der Waals surface area contributed by atoms with E-state index in [2.05, 4.69) is 9.97 Å². The third-order valence-electron chi connectivity index (χ3n) is 6.77. The summed E-state index contributed by atoms with van der Waals surface area (Å²) in [6.45, 7) is 0.308. The molecule has 1 fully saturated rings. The summed E-state index contributed by atoms with van der Waals surface area (Å²) in [6, 6.07) is 11.1. The number of anilines is 1. The molecule has 1 aliphatic rings. The highest BCUT2D eigenvalue weighted by Gasteiger charge is 2.37. The average Bonchev–Trinajstić information content (AvgIpc) is 3.19. The number of benzene rings is 2. The molecule has 1 saturated heterocycles. The first-order chi connectivity index (χ1) is 18.2. The van der Waals surface area contributed by atoms with E-state index in [0.717, 1.165) is 12.4 Å². The maximum atomic E-state index is 14.6. The Bertz CT molecular complexity index is 1600. The molecule has 0 aliphatic carbocycles. The molecule has 0 spiro atoms. The number of nitriles is 1. The lowest BCUT2D eigenvalue weighted by Gasteiger charge is -2.34. The van der Waals surface area contributed by atoms with Crippen LogP contribution in [0, 0.1) is 17.1 Å². The predicted molar refractivity (Wildman–Crippen MR) is 130 cm³/mol. The van der Waals surface area contributed by atoms with Crippen molar-refractivity contribution >= 4 is 16.7 Å². The van der Waals surface area contributed by atoms with Gasteiger partial charge in [-0.1, -0.05) is 12.1 Å². The molecule has 3 heterocycles. The minimum Gasteiger partial charge on any atom is -0.494 e. The van der Waals surface area contributed by atoms with Crippen molar-refractivity contribution in [3.05, 3.63) is 82.0 Å². The van der Waals surface area contributed by atoms with Gasteiger partial charge in [-0.25, -0.2) is 14.2 Å². The molecular formula is C26H22F4N6O2. The maximum Gasteiger partial charge on any atom is 0.435 e. The molecule has 4 aromatic rings. The topological polar surface area (TPSA) is 89.0 Å². The van der Waals surface area contributed by atoms with E-state index in [1.807, 2.05) is 6.07 Å². The Morgan fingerprint density at radius 3 is 2.50 bits per heavy atom. The summed E-state index contributed by atoms with van der Waals surface area (Å²) in [7, 11) is 1.42. The highest BCUT2D eigenvalue weighted by molar-refractivity contribution is 5.83. The Balaban J connectivity index is 1.54. The van der Waals surface area contributed by atoms with Gasteiger partial charge in [0.25, 0.3) is 0 Å². The fourth-order valence-corrected chi connectivity index (χ4v) is 5.11. The lowest BCUT2D eigenvalue weighted by Crippen LogP contribution is -2.38. The summed E-state index contributed by atoms with van der Waals surface area (Å²) < 4.78 is 63.6. The summed E-state index contributed by atoms with van der Waals surface area (Å²) in [4.78, 5) is 22.9. The van der Waals surface area contributed by atoms with Crippen LogP contribution >= 0.6 is 0 Å². The van der Waals surface area contributed by atoms with E-state index in [9.17, 15) is 27.6 Å². The van der Waals surface area contributed by atoms with Crippen molar-refractivity contribution in [1.82, 2.24) is 19.1 Å². The van der Waals surface area contributed by atoms with Gasteiger partial charge in [-0.05, 0) is 37.1 Å². The van der Waals surface area contributed by atoms with Crippen LogP contribution in [0.25, 0.3) is 11.0 Å². The number of para-hydroxylation sites is 2. The van der Waals surface area contributed by atoms with Crippen molar-refractivity contribution in [1.29, 1.82) is 5.26 Å². The van der Waals surface area contributed by atoms with E-state index >= 15 is 0 Å². The van der Waals surface area contributed by atoms with Crippen LogP contribution < -0.4 is 15.3 Å². The zero-order valence-electron chi connectivity index (χ0n) is 20.2. The van der Waals surface area contributed by atoms with E-state index in [0.29, 0.717) is 42.7 Å². The van der Waals surface area contributed by atoms with Gasteiger partial charge in [0.15, 0.2) is 5.69 Å². The predicted octanol–water partition coefficient (Wildman–Crippen LogP) is 4.52. The molecule has 2 aromatic carbocycles. The number of nitrogens with zero attached hydrogens (tertiary/aromatic N) is 6. The Morgan fingerprint density at radius 1 is 1.11 bits per heavy atom. The summed E-state index contributed by atoms with van der Waals surface area (Å²) in [5.74, 6) is -0.163. The molecule has 0 amide bonds. The molecule has 0 bridgehead atoms. The molecule has 1 aliphatic heterocycles. The molecule has 38 heavy (non-hydrogen) atoms. The van der Waals surface area contributed by atoms with Crippen LogP contribution in [-0.2, 0) is 12.7 Å². The van der Waals surface area contributed by atoms with Crippen molar-refractivity contribution in [2.45, 2.75) is 31.6 Å². The molecule has 0 radical (unpaired) electrons. The zero-order chi connectivity index (χ0) is 27.0. The number of fused-ring (bicyclic) bond motifs is 1. The highest BCUT2D eigenvalue weighted by Crippen LogP contribution is 2.34. The van der Waals surface area contributed by atoms with Crippen molar-refractivity contribution in [3.8, 4) is 11.8 Å². The van der Waals surface area contributed by atoms with Crippen LogP contribution in [-0.4, -0.2) is 39.3 Å². The standard InChI is InChI=1S/C26H22F4N6O2/c1-38-21-7-3-6-20-23(21)35(15-19-24(26(28,29)30)33-11-10-32-19)25(37)36(20)17-8-12-34(13-9-17)22-16(14-31)4-2-5-18(22)27/h2-7,10-11,17H,8-9,12-13,15H2,1H3. The van der Waals surface area contributed by atoms with Crippen LogP contribution in [0.4, 0.5) is 23.2 Å². The molecule has 8 nitrogen and oxygen atoms in total. The molecular weight excluding hydrogens is 504 g/mol. The first-order valence-electron chi connectivity index (χ1n) is 11.8. The number of methoxy groups -OCH3 is 1. The number of hydrogen-bond donors (Lipinski definition) is 0. The first-order valence-corrected chi connectivity index (χ1v) is 11.8. The summed E-state index contributed by atoms with van der Waals surface area (Å²) >= 11 is 0. The van der Waals surface area contributed by atoms with Gasteiger partial charge < -0.3 is 9.64 Å². The molecule has 12 heteroatoms. The molecule has 2 aromatic heterocycles. The third-order valence-corrected chi connectivity index (χ3v) is 6.77. The van der Waals surface area contributed by atoms with Crippen LogP contribution in [0.2, 0.25) is 0 Å². The van der Waals surface area contributed by atoms with E-state index in [-0.39, 0.29) is 23.0 Å². The molecule has 196 valence electrons. The third kappa shape index (κ3) is 4.34. The molecule has 5 rings (SSSR count). The minimum atomic E-state index is -4.74. The lowest BCUT2D eigenvalue weighted by atomic mass is 10.0. The summed E-state index contributed by atoms with van der Waals surface area (Å²) in [5, 5.41) is 9.42. The monoisotopic (exact) mass is 526 g/mol. The Labute approximate surface area is 214 Å². The Kier molecular flexibility index (Phi) is 6.52. The van der Waals surface area contributed by atoms with Gasteiger partial charge >= 0.3 is 11.9 Å². The average molecular weight is 526 g/mol. The Morgan fingerprint density at radius 2 is 1.82 bits per heavy atom. The smallest absolute Gasteiger partial charge is 0.435 e. The fraction of sp³-hybridized carbons (Fsp3) is 0.308. The fourth-order valence-electron chi connectivity index (χ4n) is 5.11. The van der Waals surface area contributed by atoms with Crippen LogP contribution in [0.1, 0.15) is 35.8 Å². The quantitative estimate of drug-likeness (QED) is 0.356. The van der Waals surface area contributed by atoms with Crippen molar-refractivity contribution < 1.29 is 22.3 Å². The normalized spacial score (nSPS) is 14.6. The van der Waals surface area contributed by atoms with Crippen LogP contribution in [0.5, 0.6) is 5.75 Å². The van der Waals surface area contributed by atoms with Gasteiger partial charge in [0.05, 0.1) is 36.1 Å². The largest absolute Gasteiger partial charge is 0.494 e.